The molecule has 2 rings (SSSR count). The highest BCUT2D eigenvalue weighted by Gasteiger charge is 2.12. The Morgan fingerprint density at radius 1 is 1.05 bits per heavy atom. The molecule has 0 aromatic heterocycles. The lowest BCUT2D eigenvalue weighted by Gasteiger charge is -2.19. The molecule has 0 saturated heterocycles. The van der Waals surface area contributed by atoms with Gasteiger partial charge in [-0.15, -0.1) is 0 Å². The Morgan fingerprint density at radius 3 is 2.19 bits per heavy atom. The first-order valence-corrected chi connectivity index (χ1v) is 6.80. The van der Waals surface area contributed by atoms with Crippen LogP contribution in [0.3, 0.4) is 0 Å². The third-order valence-corrected chi connectivity index (χ3v) is 3.29. The predicted octanol–water partition coefficient (Wildman–Crippen LogP) is 2.40. The minimum absolute atomic E-state index is 0.0842. The van der Waals surface area contributed by atoms with E-state index in [0.29, 0.717) is 0 Å². The minimum Gasteiger partial charge on any atom is -0.480 e. The van der Waals surface area contributed by atoms with E-state index in [4.69, 9.17) is 5.11 Å². The molecule has 0 aliphatic heterocycles. The summed E-state index contributed by atoms with van der Waals surface area (Å²) >= 11 is 0. The van der Waals surface area contributed by atoms with Gasteiger partial charge in [0.15, 0.2) is 0 Å². The Bertz CT molecular complexity index is 581. The Kier molecular flexibility index (Phi) is 5.09. The van der Waals surface area contributed by atoms with Crippen LogP contribution in [0.25, 0.3) is 11.1 Å². The summed E-state index contributed by atoms with van der Waals surface area (Å²) in [6, 6.07) is 17.7. The van der Waals surface area contributed by atoms with E-state index >= 15 is 0 Å². The van der Waals surface area contributed by atoms with Crippen LogP contribution in [0.5, 0.6) is 0 Å². The van der Waals surface area contributed by atoms with Crippen molar-refractivity contribution < 1.29 is 15.0 Å². The molecule has 0 aliphatic carbocycles. The van der Waals surface area contributed by atoms with E-state index in [1.165, 1.54) is 0 Å². The van der Waals surface area contributed by atoms with Gasteiger partial charge in [-0.1, -0.05) is 54.6 Å². The summed E-state index contributed by atoms with van der Waals surface area (Å²) in [4.78, 5) is 12.2. The van der Waals surface area contributed by atoms with Crippen LogP contribution in [0.4, 0.5) is 0 Å². The third kappa shape index (κ3) is 4.41. The van der Waals surface area contributed by atoms with Gasteiger partial charge in [-0.3, -0.25) is 9.69 Å². The summed E-state index contributed by atoms with van der Waals surface area (Å²) in [7, 11) is 1.68. The maximum absolute atomic E-state index is 10.6. The number of benzene rings is 2. The standard InChI is InChI=1S/C17H19NO3/c1-18(12-17(20)21)11-16(19)15-9-7-14(8-10-15)13-5-3-2-4-6-13/h2-10,16,19H,11-12H2,1H3,(H,20,21). The van der Waals surface area contributed by atoms with E-state index in [9.17, 15) is 9.90 Å². The van der Waals surface area contributed by atoms with Crippen molar-refractivity contribution in [3.05, 3.63) is 60.2 Å². The third-order valence-electron chi connectivity index (χ3n) is 3.29. The maximum atomic E-state index is 10.6. The second-order valence-electron chi connectivity index (χ2n) is 5.09. The second-order valence-corrected chi connectivity index (χ2v) is 5.09. The van der Waals surface area contributed by atoms with Crippen LogP contribution in [0.2, 0.25) is 0 Å². The van der Waals surface area contributed by atoms with E-state index < -0.39 is 12.1 Å². The first kappa shape index (κ1) is 15.2. The average molecular weight is 285 g/mol. The van der Waals surface area contributed by atoms with E-state index in [0.717, 1.165) is 16.7 Å². The van der Waals surface area contributed by atoms with Crippen molar-refractivity contribution in [1.29, 1.82) is 0 Å². The lowest BCUT2D eigenvalue weighted by Crippen LogP contribution is -2.29. The van der Waals surface area contributed by atoms with Crippen molar-refractivity contribution in [3.8, 4) is 11.1 Å². The molecule has 21 heavy (non-hydrogen) atoms. The molecule has 0 radical (unpaired) electrons. The molecule has 0 amide bonds. The zero-order valence-corrected chi connectivity index (χ0v) is 11.9. The molecular formula is C17H19NO3. The molecule has 2 aromatic carbocycles. The van der Waals surface area contributed by atoms with Gasteiger partial charge >= 0.3 is 5.97 Å². The Labute approximate surface area is 124 Å². The number of rotatable bonds is 6. The first-order chi connectivity index (χ1) is 10.1. The lowest BCUT2D eigenvalue weighted by atomic mass is 10.0. The molecule has 2 N–H and O–H groups in total. The zero-order chi connectivity index (χ0) is 15.2. The molecule has 0 fully saturated rings. The number of aliphatic hydroxyl groups excluding tert-OH is 1. The van der Waals surface area contributed by atoms with Crippen LogP contribution in [0.1, 0.15) is 11.7 Å². The van der Waals surface area contributed by atoms with Crippen LogP contribution in [-0.4, -0.2) is 41.2 Å². The average Bonchev–Trinajstić information content (AvgIpc) is 2.47. The number of aliphatic hydroxyl groups is 1. The number of aliphatic carboxylic acids is 1. The lowest BCUT2D eigenvalue weighted by molar-refractivity contribution is -0.138. The monoisotopic (exact) mass is 285 g/mol. The Hall–Kier alpha value is -2.17. The topological polar surface area (TPSA) is 60.8 Å². The fourth-order valence-electron chi connectivity index (χ4n) is 2.22. The molecular weight excluding hydrogens is 266 g/mol. The zero-order valence-electron chi connectivity index (χ0n) is 11.9. The van der Waals surface area contributed by atoms with Crippen molar-refractivity contribution in [2.24, 2.45) is 0 Å². The number of nitrogens with zero attached hydrogens (tertiary/aromatic N) is 1. The maximum Gasteiger partial charge on any atom is 0.317 e. The normalized spacial score (nSPS) is 12.3. The Balaban J connectivity index is 2.03. The number of hydrogen-bond donors (Lipinski definition) is 2. The number of hydrogen-bond acceptors (Lipinski definition) is 3. The summed E-state index contributed by atoms with van der Waals surface area (Å²) in [6.07, 6.45) is -0.695. The second kappa shape index (κ2) is 7.02. The van der Waals surface area contributed by atoms with Gasteiger partial charge < -0.3 is 10.2 Å². The van der Waals surface area contributed by atoms with Gasteiger partial charge in [0.05, 0.1) is 12.6 Å². The van der Waals surface area contributed by atoms with Crippen molar-refractivity contribution in [1.82, 2.24) is 4.90 Å². The summed E-state index contributed by atoms with van der Waals surface area (Å²) in [5, 5.41) is 18.8. The summed E-state index contributed by atoms with van der Waals surface area (Å²) < 4.78 is 0. The van der Waals surface area contributed by atoms with Gasteiger partial charge in [-0.25, -0.2) is 0 Å². The van der Waals surface area contributed by atoms with Crippen LogP contribution < -0.4 is 0 Å². The van der Waals surface area contributed by atoms with Gasteiger partial charge in [-0.05, 0) is 23.7 Å². The summed E-state index contributed by atoms with van der Waals surface area (Å²) in [6.45, 7) is 0.205. The summed E-state index contributed by atoms with van der Waals surface area (Å²) in [5.41, 5.74) is 3.00. The van der Waals surface area contributed by atoms with Crippen molar-refractivity contribution in [2.75, 3.05) is 20.1 Å². The number of likely N-dealkylation sites (N-methyl/N-ethyl adjacent to an activating group) is 1. The van der Waals surface area contributed by atoms with Gasteiger partial charge in [-0.2, -0.15) is 0 Å². The molecule has 0 aliphatic rings. The molecule has 4 nitrogen and oxygen atoms in total. The first-order valence-electron chi connectivity index (χ1n) is 6.80. The van der Waals surface area contributed by atoms with E-state index in [1.807, 2.05) is 54.6 Å². The van der Waals surface area contributed by atoms with E-state index in [2.05, 4.69) is 0 Å². The highest BCUT2D eigenvalue weighted by molar-refractivity contribution is 5.69. The molecule has 0 bridgehead atoms. The minimum atomic E-state index is -0.899. The quantitative estimate of drug-likeness (QED) is 0.855. The Morgan fingerprint density at radius 2 is 1.62 bits per heavy atom. The van der Waals surface area contributed by atoms with E-state index in [1.54, 1.807) is 11.9 Å². The van der Waals surface area contributed by atoms with Gasteiger partial charge in [0.2, 0.25) is 0 Å². The highest BCUT2D eigenvalue weighted by Crippen LogP contribution is 2.22. The molecule has 0 saturated carbocycles. The van der Waals surface area contributed by atoms with Crippen LogP contribution >= 0.6 is 0 Å². The number of carboxylic acid groups (broad SMARTS) is 1. The molecule has 1 atom stereocenters. The predicted molar refractivity (Wildman–Crippen MR) is 82.0 cm³/mol. The number of carbonyl (C=O) groups is 1. The molecule has 0 heterocycles. The molecule has 1 unspecified atom stereocenters. The fraction of sp³-hybridized carbons (Fsp3) is 0.235. The van der Waals surface area contributed by atoms with Crippen molar-refractivity contribution in [3.63, 3.8) is 0 Å². The number of carboxylic acids is 1. The highest BCUT2D eigenvalue weighted by atomic mass is 16.4. The summed E-state index contributed by atoms with van der Waals surface area (Å²) in [5.74, 6) is -0.899. The van der Waals surface area contributed by atoms with E-state index in [-0.39, 0.29) is 13.1 Å². The van der Waals surface area contributed by atoms with Gasteiger partial charge in [0.1, 0.15) is 0 Å². The van der Waals surface area contributed by atoms with Crippen molar-refractivity contribution >= 4 is 5.97 Å². The molecule has 4 heteroatoms. The smallest absolute Gasteiger partial charge is 0.317 e. The molecule has 0 spiro atoms. The van der Waals surface area contributed by atoms with Crippen LogP contribution in [-0.2, 0) is 4.79 Å². The van der Waals surface area contributed by atoms with Crippen LogP contribution in [0, 0.1) is 0 Å². The van der Waals surface area contributed by atoms with Crippen molar-refractivity contribution in [2.45, 2.75) is 6.10 Å². The SMILES string of the molecule is CN(CC(=O)O)CC(O)c1ccc(-c2ccccc2)cc1. The van der Waals surface area contributed by atoms with Gasteiger partial charge in [0, 0.05) is 6.54 Å². The van der Waals surface area contributed by atoms with Crippen LogP contribution in [0.15, 0.2) is 54.6 Å². The largest absolute Gasteiger partial charge is 0.480 e. The fourth-order valence-corrected chi connectivity index (χ4v) is 2.22. The van der Waals surface area contributed by atoms with Gasteiger partial charge in [0.25, 0.3) is 0 Å². The molecule has 2 aromatic rings. The molecule has 110 valence electrons.